The number of hydrogen-bond donors (Lipinski definition) is 4. The van der Waals surface area contributed by atoms with Crippen LogP contribution in [0, 0.1) is 11.6 Å². The number of benzene rings is 2. The van der Waals surface area contributed by atoms with Crippen LogP contribution in [0.25, 0.3) is 10.9 Å². The number of halogens is 3. The van der Waals surface area contributed by atoms with Gasteiger partial charge in [-0.15, -0.1) is 0 Å². The van der Waals surface area contributed by atoms with Crippen molar-refractivity contribution >= 4 is 45.5 Å². The van der Waals surface area contributed by atoms with Crippen molar-refractivity contribution < 1.29 is 13.6 Å². The number of nitrogen functional groups attached to an aromatic ring is 1. The number of amides is 1. The summed E-state index contributed by atoms with van der Waals surface area (Å²) in [5.41, 5.74) is 9.98. The molecule has 1 aliphatic heterocycles. The number of anilines is 3. The zero-order valence-electron chi connectivity index (χ0n) is 19.9. The number of nitrogens with one attached hydrogen (secondary N) is 3. The fourth-order valence-corrected chi connectivity index (χ4v) is 5.00. The third kappa shape index (κ3) is 4.35. The van der Waals surface area contributed by atoms with E-state index in [1.54, 1.807) is 33.7 Å². The second-order valence-corrected chi connectivity index (χ2v) is 10.0. The lowest BCUT2D eigenvalue weighted by Gasteiger charge is -2.38. The highest BCUT2D eigenvalue weighted by Gasteiger charge is 2.34. The van der Waals surface area contributed by atoms with E-state index in [4.69, 9.17) is 17.3 Å². The molecule has 1 amide bonds. The highest BCUT2D eigenvalue weighted by molar-refractivity contribution is 6.30. The molecule has 36 heavy (non-hydrogen) atoms. The van der Waals surface area contributed by atoms with Gasteiger partial charge in [0.15, 0.2) is 11.6 Å². The molecule has 11 heteroatoms. The second-order valence-electron chi connectivity index (χ2n) is 9.58. The van der Waals surface area contributed by atoms with Crippen LogP contribution in [0.15, 0.2) is 35.3 Å². The molecular formula is C25H27ClF2N6O2. The average molecular weight is 517 g/mol. The predicted octanol–water partition coefficient (Wildman–Crippen LogP) is 3.79. The van der Waals surface area contributed by atoms with E-state index in [9.17, 15) is 9.59 Å². The number of nitrogens with two attached hydrogens (primary N) is 1. The lowest BCUT2D eigenvalue weighted by Crippen LogP contribution is -2.54. The van der Waals surface area contributed by atoms with E-state index >= 15 is 8.78 Å². The van der Waals surface area contributed by atoms with Crippen molar-refractivity contribution in [3.05, 3.63) is 62.9 Å². The molecule has 2 aliphatic rings. The first-order chi connectivity index (χ1) is 17.2. The van der Waals surface area contributed by atoms with Gasteiger partial charge >= 0.3 is 0 Å². The average Bonchev–Trinajstić information content (AvgIpc) is 3.67. The van der Waals surface area contributed by atoms with Crippen LogP contribution < -0.4 is 32.2 Å². The molecule has 5 N–H and O–H groups in total. The molecule has 0 unspecified atom stereocenters. The molecule has 1 saturated carbocycles. The number of aromatic nitrogens is 1. The van der Waals surface area contributed by atoms with E-state index in [2.05, 4.69) is 16.2 Å². The largest absolute Gasteiger partial charge is 0.396 e. The second kappa shape index (κ2) is 9.25. The normalized spacial score (nSPS) is 20.0. The van der Waals surface area contributed by atoms with Crippen molar-refractivity contribution in [2.45, 2.75) is 44.8 Å². The number of carbonyl (C=O) groups is 1. The molecule has 0 bridgehead atoms. The summed E-state index contributed by atoms with van der Waals surface area (Å²) in [4.78, 5) is 28.0. The van der Waals surface area contributed by atoms with Crippen molar-refractivity contribution in [2.24, 2.45) is 0 Å². The van der Waals surface area contributed by atoms with Crippen molar-refractivity contribution in [1.82, 2.24) is 15.3 Å². The van der Waals surface area contributed by atoms with Crippen molar-refractivity contribution in [3.63, 3.8) is 0 Å². The third-order valence-corrected chi connectivity index (χ3v) is 6.84. The first-order valence-corrected chi connectivity index (χ1v) is 12.2. The molecule has 3 aromatic rings. The zero-order valence-corrected chi connectivity index (χ0v) is 20.6. The van der Waals surface area contributed by atoms with Crippen LogP contribution in [-0.2, 0) is 0 Å². The Morgan fingerprint density at radius 3 is 2.36 bits per heavy atom. The maximum absolute atomic E-state index is 16.1. The van der Waals surface area contributed by atoms with Gasteiger partial charge in [-0.25, -0.2) is 8.78 Å². The standard InChI is InChI=1S/C25H27ClF2N6O2/c1-12-9-33(10-13(2)30-12)23-19(27)21(29)18-22(20(23)28)34(16-7-8-16)11-17(24(18)35)25(36)32-31-15-5-3-14(26)4-6-15/h3-6,11-13,16,30-31H,7-10,29H2,1-2H3,(H,32,36)/t12-,13+. The minimum Gasteiger partial charge on any atom is -0.396 e. The zero-order chi connectivity index (χ0) is 25.7. The summed E-state index contributed by atoms with van der Waals surface area (Å²) in [5, 5.41) is 3.54. The monoisotopic (exact) mass is 516 g/mol. The third-order valence-electron chi connectivity index (χ3n) is 6.59. The Hall–Kier alpha value is -3.37. The fourth-order valence-electron chi connectivity index (χ4n) is 4.87. The van der Waals surface area contributed by atoms with Gasteiger partial charge in [0.25, 0.3) is 5.91 Å². The number of carbonyl (C=O) groups excluding carboxylic acids is 1. The summed E-state index contributed by atoms with van der Waals surface area (Å²) in [7, 11) is 0. The van der Waals surface area contributed by atoms with Crippen molar-refractivity contribution in [1.29, 1.82) is 0 Å². The van der Waals surface area contributed by atoms with Crippen LogP contribution in [0.1, 0.15) is 43.1 Å². The number of hydrazine groups is 1. The van der Waals surface area contributed by atoms with Gasteiger partial charge in [0, 0.05) is 42.4 Å². The van der Waals surface area contributed by atoms with Gasteiger partial charge in [-0.05, 0) is 51.0 Å². The van der Waals surface area contributed by atoms with E-state index < -0.39 is 28.7 Å². The Bertz CT molecular complexity index is 1400. The minimum atomic E-state index is -0.988. The molecular weight excluding hydrogens is 490 g/mol. The molecule has 190 valence electrons. The molecule has 0 radical (unpaired) electrons. The van der Waals surface area contributed by atoms with Gasteiger partial charge in [0.2, 0.25) is 5.43 Å². The topological polar surface area (TPSA) is 104 Å². The Balaban J connectivity index is 1.60. The molecule has 0 spiro atoms. The Labute approximate surface area is 211 Å². The first-order valence-electron chi connectivity index (χ1n) is 11.8. The summed E-state index contributed by atoms with van der Waals surface area (Å²) in [6, 6.07) is 6.47. The SMILES string of the molecule is C[C@@H]1CN(c2c(F)c(N)c3c(=O)c(C(=O)NNc4ccc(Cl)cc4)cn(C4CC4)c3c2F)C[C@H](C)N1. The van der Waals surface area contributed by atoms with Crippen LogP contribution in [0.2, 0.25) is 5.02 Å². The van der Waals surface area contributed by atoms with Gasteiger partial charge in [-0.1, -0.05) is 11.6 Å². The molecule has 1 aromatic heterocycles. The van der Waals surface area contributed by atoms with E-state index in [0.717, 1.165) is 12.8 Å². The summed E-state index contributed by atoms with van der Waals surface area (Å²) in [6.07, 6.45) is 2.83. The first kappa shape index (κ1) is 24.3. The van der Waals surface area contributed by atoms with Gasteiger partial charge in [0.1, 0.15) is 11.3 Å². The smallest absolute Gasteiger partial charge is 0.275 e. The molecule has 1 saturated heterocycles. The van der Waals surface area contributed by atoms with Crippen molar-refractivity contribution in [2.75, 3.05) is 29.1 Å². The Morgan fingerprint density at radius 1 is 1.11 bits per heavy atom. The lowest BCUT2D eigenvalue weighted by atomic mass is 10.0. The Morgan fingerprint density at radius 2 is 1.75 bits per heavy atom. The van der Waals surface area contributed by atoms with E-state index in [-0.39, 0.29) is 40.3 Å². The summed E-state index contributed by atoms with van der Waals surface area (Å²) < 4.78 is 33.2. The molecule has 2 aromatic carbocycles. The number of fused-ring (bicyclic) bond motifs is 1. The summed E-state index contributed by atoms with van der Waals surface area (Å²) in [5.74, 6) is -2.58. The van der Waals surface area contributed by atoms with Gasteiger partial charge < -0.3 is 20.5 Å². The van der Waals surface area contributed by atoms with Gasteiger partial charge in [-0.3, -0.25) is 20.4 Å². The number of nitrogens with zero attached hydrogens (tertiary/aromatic N) is 2. The maximum Gasteiger partial charge on any atom is 0.275 e. The van der Waals surface area contributed by atoms with E-state index in [1.807, 2.05) is 13.8 Å². The quantitative estimate of drug-likeness (QED) is 0.304. The molecule has 1 aliphatic carbocycles. The van der Waals surface area contributed by atoms with Crippen LogP contribution in [0.3, 0.4) is 0 Å². The number of pyridine rings is 1. The highest BCUT2D eigenvalue weighted by atomic mass is 35.5. The summed E-state index contributed by atoms with van der Waals surface area (Å²) in [6.45, 7) is 4.64. The molecule has 2 atom stereocenters. The highest BCUT2D eigenvalue weighted by Crippen LogP contribution is 2.41. The molecule has 8 nitrogen and oxygen atoms in total. The van der Waals surface area contributed by atoms with Crippen LogP contribution >= 0.6 is 11.6 Å². The number of hydrogen-bond acceptors (Lipinski definition) is 6. The number of rotatable bonds is 5. The van der Waals surface area contributed by atoms with Gasteiger partial charge in [-0.2, -0.15) is 0 Å². The van der Waals surface area contributed by atoms with Crippen LogP contribution in [0.4, 0.5) is 25.8 Å². The lowest BCUT2D eigenvalue weighted by molar-refractivity contribution is 0.0961. The number of piperazine rings is 1. The van der Waals surface area contributed by atoms with Crippen molar-refractivity contribution in [3.8, 4) is 0 Å². The fraction of sp³-hybridized carbons (Fsp3) is 0.360. The molecule has 2 heterocycles. The van der Waals surface area contributed by atoms with E-state index in [1.165, 1.54) is 6.20 Å². The summed E-state index contributed by atoms with van der Waals surface area (Å²) >= 11 is 5.88. The molecule has 2 fully saturated rings. The van der Waals surface area contributed by atoms with Crippen LogP contribution in [-0.4, -0.2) is 35.6 Å². The Kier molecular flexibility index (Phi) is 6.25. The predicted molar refractivity (Wildman–Crippen MR) is 138 cm³/mol. The van der Waals surface area contributed by atoms with Gasteiger partial charge in [0.05, 0.1) is 22.3 Å². The van der Waals surface area contributed by atoms with E-state index in [0.29, 0.717) is 23.8 Å². The maximum atomic E-state index is 16.1. The molecule has 5 rings (SSSR count). The minimum absolute atomic E-state index is 0.00862. The van der Waals surface area contributed by atoms with Crippen LogP contribution in [0.5, 0.6) is 0 Å².